The van der Waals surface area contributed by atoms with Crippen molar-refractivity contribution >= 4 is 17.6 Å². The predicted octanol–water partition coefficient (Wildman–Crippen LogP) is -1.01. The average Bonchev–Trinajstić information content (AvgIpc) is 2.75. The molecule has 7 nitrogen and oxygen atoms in total. The summed E-state index contributed by atoms with van der Waals surface area (Å²) < 4.78 is 0. The molecule has 1 fully saturated rings. The van der Waals surface area contributed by atoms with Gasteiger partial charge in [-0.25, -0.2) is 10.8 Å². The number of aromatic nitrogens is 1. The van der Waals surface area contributed by atoms with Crippen LogP contribution in [0.2, 0.25) is 0 Å². The monoisotopic (exact) mass is 235 g/mol. The Kier molecular flexibility index (Phi) is 3.20. The molecule has 7 heteroatoms. The molecule has 2 heterocycles. The van der Waals surface area contributed by atoms with E-state index in [0.717, 1.165) is 0 Å². The number of nitrogens with one attached hydrogen (secondary N) is 3. The van der Waals surface area contributed by atoms with Crippen LogP contribution in [0.5, 0.6) is 0 Å². The summed E-state index contributed by atoms with van der Waals surface area (Å²) in [6.45, 7) is 0.473. The maximum atomic E-state index is 11.8. The minimum Gasteiger partial charge on any atom is -0.354 e. The second kappa shape index (κ2) is 4.79. The van der Waals surface area contributed by atoms with E-state index in [2.05, 4.69) is 21.0 Å². The molecular weight excluding hydrogens is 222 g/mol. The average molecular weight is 235 g/mol. The zero-order chi connectivity index (χ0) is 12.3. The van der Waals surface area contributed by atoms with Gasteiger partial charge in [0, 0.05) is 19.2 Å². The van der Waals surface area contributed by atoms with Gasteiger partial charge >= 0.3 is 0 Å². The second-order valence-corrected chi connectivity index (χ2v) is 3.76. The maximum absolute atomic E-state index is 11.8. The molecule has 0 bridgehead atoms. The molecule has 0 radical (unpaired) electrons. The van der Waals surface area contributed by atoms with Crippen molar-refractivity contribution in [3.05, 3.63) is 23.9 Å². The Morgan fingerprint density at radius 1 is 1.53 bits per heavy atom. The summed E-state index contributed by atoms with van der Waals surface area (Å²) in [6, 6.07) is 3.07. The lowest BCUT2D eigenvalue weighted by Gasteiger charge is -2.10. The van der Waals surface area contributed by atoms with Crippen molar-refractivity contribution < 1.29 is 9.59 Å². The van der Waals surface area contributed by atoms with E-state index in [-0.39, 0.29) is 17.9 Å². The molecule has 1 saturated heterocycles. The normalized spacial score (nSPS) is 18.6. The fourth-order valence-corrected chi connectivity index (χ4v) is 1.59. The Labute approximate surface area is 97.8 Å². The first kappa shape index (κ1) is 11.3. The minimum atomic E-state index is -0.248. The largest absolute Gasteiger partial charge is 0.354 e. The highest BCUT2D eigenvalue weighted by atomic mass is 16.2. The van der Waals surface area contributed by atoms with Crippen LogP contribution in [0.4, 0.5) is 5.82 Å². The lowest BCUT2D eigenvalue weighted by molar-refractivity contribution is -0.119. The first-order chi connectivity index (χ1) is 8.19. The van der Waals surface area contributed by atoms with Crippen molar-refractivity contribution in [2.24, 2.45) is 5.84 Å². The third kappa shape index (κ3) is 2.70. The van der Waals surface area contributed by atoms with Crippen molar-refractivity contribution in [3.63, 3.8) is 0 Å². The van der Waals surface area contributed by atoms with Crippen LogP contribution in [0.1, 0.15) is 16.8 Å². The summed E-state index contributed by atoms with van der Waals surface area (Å²) in [4.78, 5) is 26.7. The van der Waals surface area contributed by atoms with E-state index in [0.29, 0.717) is 24.3 Å². The molecule has 0 spiro atoms. The van der Waals surface area contributed by atoms with Crippen LogP contribution in [0.15, 0.2) is 18.3 Å². The minimum absolute atomic E-state index is 0.0453. The van der Waals surface area contributed by atoms with Crippen LogP contribution in [-0.4, -0.2) is 29.4 Å². The van der Waals surface area contributed by atoms with Crippen LogP contribution in [0.3, 0.4) is 0 Å². The van der Waals surface area contributed by atoms with E-state index in [9.17, 15) is 9.59 Å². The summed E-state index contributed by atoms with van der Waals surface area (Å²) in [7, 11) is 0. The van der Waals surface area contributed by atoms with Crippen LogP contribution < -0.4 is 21.9 Å². The van der Waals surface area contributed by atoms with Gasteiger partial charge in [-0.2, -0.15) is 0 Å². The Hall–Kier alpha value is -2.15. The van der Waals surface area contributed by atoms with E-state index in [1.165, 1.54) is 6.20 Å². The number of pyridine rings is 1. The van der Waals surface area contributed by atoms with Gasteiger partial charge in [0.05, 0.1) is 11.6 Å². The van der Waals surface area contributed by atoms with E-state index in [1.807, 2.05) is 0 Å². The number of carbonyl (C=O) groups is 2. The lowest BCUT2D eigenvalue weighted by Crippen LogP contribution is -2.36. The highest BCUT2D eigenvalue weighted by Crippen LogP contribution is 2.05. The van der Waals surface area contributed by atoms with Gasteiger partial charge < -0.3 is 16.1 Å². The second-order valence-electron chi connectivity index (χ2n) is 3.76. The quantitative estimate of drug-likeness (QED) is 0.396. The van der Waals surface area contributed by atoms with E-state index >= 15 is 0 Å². The predicted molar refractivity (Wildman–Crippen MR) is 60.9 cm³/mol. The van der Waals surface area contributed by atoms with Crippen molar-refractivity contribution in [1.82, 2.24) is 15.6 Å². The molecule has 5 N–H and O–H groups in total. The molecule has 0 saturated carbocycles. The molecular formula is C10H13N5O2. The van der Waals surface area contributed by atoms with Crippen LogP contribution >= 0.6 is 0 Å². The Bertz CT molecular complexity index is 431. The van der Waals surface area contributed by atoms with E-state index < -0.39 is 0 Å². The highest BCUT2D eigenvalue weighted by molar-refractivity contribution is 5.94. The third-order valence-electron chi connectivity index (χ3n) is 2.49. The van der Waals surface area contributed by atoms with Crippen LogP contribution in [0, 0.1) is 0 Å². The summed E-state index contributed by atoms with van der Waals surface area (Å²) in [6.07, 6.45) is 1.75. The van der Waals surface area contributed by atoms with E-state index in [1.54, 1.807) is 12.1 Å². The molecule has 1 aliphatic rings. The summed E-state index contributed by atoms with van der Waals surface area (Å²) >= 11 is 0. The summed E-state index contributed by atoms with van der Waals surface area (Å²) in [5.74, 6) is 5.36. The molecule has 1 aromatic heterocycles. The number of hydrazine groups is 1. The molecule has 2 rings (SSSR count). The van der Waals surface area contributed by atoms with Gasteiger partial charge in [0.15, 0.2) is 0 Å². The maximum Gasteiger partial charge on any atom is 0.253 e. The first-order valence-electron chi connectivity index (χ1n) is 5.19. The van der Waals surface area contributed by atoms with Gasteiger partial charge in [-0.05, 0) is 12.1 Å². The van der Waals surface area contributed by atoms with Gasteiger partial charge in [-0.15, -0.1) is 0 Å². The Morgan fingerprint density at radius 3 is 2.88 bits per heavy atom. The molecule has 17 heavy (non-hydrogen) atoms. The first-order valence-corrected chi connectivity index (χ1v) is 5.19. The Balaban J connectivity index is 1.97. The van der Waals surface area contributed by atoms with Gasteiger partial charge in [0.2, 0.25) is 5.91 Å². The molecule has 2 amide bonds. The number of nitrogens with two attached hydrogens (primary N) is 1. The fraction of sp³-hybridized carbons (Fsp3) is 0.300. The van der Waals surface area contributed by atoms with Gasteiger partial charge in [0.1, 0.15) is 5.82 Å². The zero-order valence-corrected chi connectivity index (χ0v) is 9.06. The molecule has 1 atom stereocenters. The van der Waals surface area contributed by atoms with Crippen LogP contribution in [-0.2, 0) is 4.79 Å². The standard InChI is InChI=1S/C10H13N5O2/c11-15-8-2-1-6(4-12-8)10(17)14-7-3-9(16)13-5-7/h1-2,4,7H,3,5,11H2,(H,12,15)(H,13,16)(H,14,17). The topological polar surface area (TPSA) is 109 Å². The number of rotatable bonds is 3. The number of carbonyl (C=O) groups excluding carboxylic acids is 2. The SMILES string of the molecule is NNc1ccc(C(=O)NC2CNC(=O)C2)cn1. The van der Waals surface area contributed by atoms with E-state index in [4.69, 9.17) is 5.84 Å². The molecule has 90 valence electrons. The number of hydrogen-bond acceptors (Lipinski definition) is 5. The van der Waals surface area contributed by atoms with Crippen molar-refractivity contribution in [2.45, 2.75) is 12.5 Å². The molecule has 1 aliphatic heterocycles. The molecule has 0 aromatic carbocycles. The molecule has 0 aliphatic carbocycles. The Morgan fingerprint density at radius 2 is 2.35 bits per heavy atom. The number of hydrogen-bond donors (Lipinski definition) is 4. The van der Waals surface area contributed by atoms with Crippen LogP contribution in [0.25, 0.3) is 0 Å². The van der Waals surface area contributed by atoms with Crippen molar-refractivity contribution in [3.8, 4) is 0 Å². The van der Waals surface area contributed by atoms with Gasteiger partial charge in [-0.3, -0.25) is 9.59 Å². The van der Waals surface area contributed by atoms with Gasteiger partial charge in [0.25, 0.3) is 5.91 Å². The number of amides is 2. The zero-order valence-electron chi connectivity index (χ0n) is 9.06. The summed E-state index contributed by atoms with van der Waals surface area (Å²) in [5.41, 5.74) is 2.81. The third-order valence-corrected chi connectivity index (χ3v) is 2.49. The number of nitrogen functional groups attached to an aromatic ring is 1. The lowest BCUT2D eigenvalue weighted by atomic mass is 10.2. The number of nitrogens with zero attached hydrogens (tertiary/aromatic N) is 1. The van der Waals surface area contributed by atoms with Crippen molar-refractivity contribution in [2.75, 3.05) is 12.0 Å². The fourth-order valence-electron chi connectivity index (χ4n) is 1.59. The molecule has 1 unspecified atom stereocenters. The van der Waals surface area contributed by atoms with Gasteiger partial charge in [-0.1, -0.05) is 0 Å². The van der Waals surface area contributed by atoms with Crippen molar-refractivity contribution in [1.29, 1.82) is 0 Å². The smallest absolute Gasteiger partial charge is 0.253 e. The highest BCUT2D eigenvalue weighted by Gasteiger charge is 2.23. The summed E-state index contributed by atoms with van der Waals surface area (Å²) in [5, 5.41) is 5.40. The molecule has 1 aromatic rings. The number of anilines is 1.